The zero-order valence-electron chi connectivity index (χ0n) is 11.2. The highest BCUT2D eigenvalue weighted by Crippen LogP contribution is 2.27. The fourth-order valence-corrected chi connectivity index (χ4v) is 2.79. The van der Waals surface area contributed by atoms with Crippen LogP contribution in [0.25, 0.3) is 0 Å². The van der Waals surface area contributed by atoms with Gasteiger partial charge in [0.2, 0.25) is 0 Å². The molecule has 18 heavy (non-hydrogen) atoms. The predicted molar refractivity (Wildman–Crippen MR) is 72.2 cm³/mol. The van der Waals surface area contributed by atoms with Crippen molar-refractivity contribution in [2.24, 2.45) is 5.73 Å². The minimum atomic E-state index is 0.0974. The number of rotatable bonds is 4. The van der Waals surface area contributed by atoms with Crippen molar-refractivity contribution >= 4 is 0 Å². The van der Waals surface area contributed by atoms with Crippen molar-refractivity contribution in [1.82, 2.24) is 9.88 Å². The second kappa shape index (κ2) is 6.27. The first-order valence-corrected chi connectivity index (χ1v) is 6.65. The van der Waals surface area contributed by atoms with Crippen LogP contribution in [0.2, 0.25) is 0 Å². The van der Waals surface area contributed by atoms with Gasteiger partial charge in [-0.1, -0.05) is 0 Å². The number of ether oxygens (including phenoxy) is 1. The summed E-state index contributed by atoms with van der Waals surface area (Å²) in [5, 5.41) is 0. The zero-order chi connectivity index (χ0) is 13.0. The van der Waals surface area contributed by atoms with Crippen LogP contribution in [0.4, 0.5) is 0 Å². The van der Waals surface area contributed by atoms with Crippen LogP contribution in [0.1, 0.15) is 31.4 Å². The van der Waals surface area contributed by atoms with E-state index in [1.807, 2.05) is 12.4 Å². The Morgan fingerprint density at radius 2 is 1.94 bits per heavy atom. The van der Waals surface area contributed by atoms with Gasteiger partial charge < -0.3 is 10.5 Å². The van der Waals surface area contributed by atoms with Crippen LogP contribution in [-0.4, -0.2) is 42.2 Å². The summed E-state index contributed by atoms with van der Waals surface area (Å²) in [4.78, 5) is 6.48. The van der Waals surface area contributed by atoms with E-state index in [1.54, 1.807) is 0 Å². The molecule has 0 aliphatic carbocycles. The van der Waals surface area contributed by atoms with E-state index in [0.717, 1.165) is 26.1 Å². The summed E-state index contributed by atoms with van der Waals surface area (Å²) in [6.45, 7) is 3.79. The lowest BCUT2D eigenvalue weighted by Crippen LogP contribution is -2.45. The van der Waals surface area contributed by atoms with Gasteiger partial charge in [-0.05, 0) is 44.5 Å². The molecule has 2 rings (SSSR count). The van der Waals surface area contributed by atoms with E-state index in [-0.39, 0.29) is 12.1 Å². The Labute approximate surface area is 109 Å². The van der Waals surface area contributed by atoms with Crippen molar-refractivity contribution in [2.45, 2.75) is 37.9 Å². The third kappa shape index (κ3) is 3.07. The molecule has 1 saturated heterocycles. The summed E-state index contributed by atoms with van der Waals surface area (Å²) in [6, 6.07) is 5.02. The van der Waals surface area contributed by atoms with Gasteiger partial charge >= 0.3 is 0 Å². The van der Waals surface area contributed by atoms with Crippen LogP contribution < -0.4 is 5.73 Å². The molecule has 2 heterocycles. The molecule has 1 aliphatic rings. The van der Waals surface area contributed by atoms with Crippen molar-refractivity contribution in [1.29, 1.82) is 0 Å². The molecule has 4 nitrogen and oxygen atoms in total. The Hall–Kier alpha value is -0.970. The van der Waals surface area contributed by atoms with Crippen LogP contribution in [0, 0.1) is 0 Å². The van der Waals surface area contributed by atoms with Crippen LogP contribution in [0.5, 0.6) is 0 Å². The molecular weight excluding hydrogens is 226 g/mol. The molecule has 0 amide bonds. The van der Waals surface area contributed by atoms with Gasteiger partial charge in [-0.15, -0.1) is 0 Å². The highest BCUT2D eigenvalue weighted by Gasteiger charge is 2.28. The van der Waals surface area contributed by atoms with Crippen molar-refractivity contribution in [3.63, 3.8) is 0 Å². The van der Waals surface area contributed by atoms with Crippen molar-refractivity contribution < 1.29 is 4.74 Å². The minimum absolute atomic E-state index is 0.0974. The van der Waals surface area contributed by atoms with Crippen LogP contribution in [0.3, 0.4) is 0 Å². The molecule has 1 aromatic heterocycles. The number of hydrogen-bond donors (Lipinski definition) is 1. The van der Waals surface area contributed by atoms with Gasteiger partial charge in [0.25, 0.3) is 0 Å². The average molecular weight is 249 g/mol. The molecule has 0 bridgehead atoms. The highest BCUT2D eigenvalue weighted by molar-refractivity contribution is 5.17. The molecule has 1 fully saturated rings. The van der Waals surface area contributed by atoms with Crippen LogP contribution >= 0.6 is 0 Å². The quantitative estimate of drug-likeness (QED) is 0.880. The Balaban J connectivity index is 2.14. The maximum Gasteiger partial charge on any atom is 0.0497 e. The van der Waals surface area contributed by atoms with Gasteiger partial charge in [-0.3, -0.25) is 9.88 Å². The lowest BCUT2D eigenvalue weighted by molar-refractivity contribution is 0.0245. The summed E-state index contributed by atoms with van der Waals surface area (Å²) >= 11 is 0. The standard InChI is InChI=1S/C14H23N3O/c1-11(15)14(12-3-7-16-8-4-12)17(2)13-5-9-18-10-6-13/h3-4,7-8,11,13-14H,5-6,9-10,15H2,1-2H3. The van der Waals surface area contributed by atoms with Crippen molar-refractivity contribution in [3.05, 3.63) is 30.1 Å². The molecule has 2 atom stereocenters. The molecule has 0 radical (unpaired) electrons. The number of nitrogens with two attached hydrogens (primary N) is 1. The monoisotopic (exact) mass is 249 g/mol. The molecule has 0 aromatic carbocycles. The van der Waals surface area contributed by atoms with Gasteiger partial charge in [-0.25, -0.2) is 0 Å². The maximum absolute atomic E-state index is 6.18. The second-order valence-electron chi connectivity index (χ2n) is 5.09. The van der Waals surface area contributed by atoms with E-state index < -0.39 is 0 Å². The summed E-state index contributed by atoms with van der Waals surface area (Å²) in [6.07, 6.45) is 5.85. The summed E-state index contributed by atoms with van der Waals surface area (Å²) in [7, 11) is 2.17. The summed E-state index contributed by atoms with van der Waals surface area (Å²) in [5.41, 5.74) is 7.43. The Morgan fingerprint density at radius 1 is 1.33 bits per heavy atom. The molecule has 100 valence electrons. The zero-order valence-corrected chi connectivity index (χ0v) is 11.2. The maximum atomic E-state index is 6.18. The van der Waals surface area contributed by atoms with Gasteiger partial charge in [0.1, 0.15) is 0 Å². The first-order chi connectivity index (χ1) is 8.70. The summed E-state index contributed by atoms with van der Waals surface area (Å²) < 4.78 is 5.43. The van der Waals surface area contributed by atoms with Crippen molar-refractivity contribution in [2.75, 3.05) is 20.3 Å². The SMILES string of the molecule is CC(N)C(c1ccncc1)N(C)C1CCOCC1. The molecule has 0 spiro atoms. The number of hydrogen-bond acceptors (Lipinski definition) is 4. The second-order valence-corrected chi connectivity index (χ2v) is 5.09. The average Bonchev–Trinajstić information content (AvgIpc) is 2.40. The third-order valence-corrected chi connectivity index (χ3v) is 3.75. The number of aromatic nitrogens is 1. The van der Waals surface area contributed by atoms with Crippen molar-refractivity contribution in [3.8, 4) is 0 Å². The van der Waals surface area contributed by atoms with Crippen LogP contribution in [-0.2, 0) is 4.74 Å². The van der Waals surface area contributed by atoms with E-state index in [1.165, 1.54) is 5.56 Å². The van der Waals surface area contributed by atoms with Gasteiger partial charge in [-0.2, -0.15) is 0 Å². The summed E-state index contributed by atoms with van der Waals surface area (Å²) in [5.74, 6) is 0. The molecule has 0 saturated carbocycles. The highest BCUT2D eigenvalue weighted by atomic mass is 16.5. The fraction of sp³-hybridized carbons (Fsp3) is 0.643. The fourth-order valence-electron chi connectivity index (χ4n) is 2.79. The lowest BCUT2D eigenvalue weighted by atomic mass is 9.97. The van der Waals surface area contributed by atoms with Gasteiger partial charge in [0.05, 0.1) is 0 Å². The smallest absolute Gasteiger partial charge is 0.0497 e. The number of pyridine rings is 1. The molecule has 2 N–H and O–H groups in total. The van der Waals surface area contributed by atoms with E-state index in [9.17, 15) is 0 Å². The van der Waals surface area contributed by atoms with Gasteiger partial charge in [0, 0.05) is 43.7 Å². The molecule has 2 unspecified atom stereocenters. The molecule has 4 heteroatoms. The first kappa shape index (κ1) is 13.5. The third-order valence-electron chi connectivity index (χ3n) is 3.75. The van der Waals surface area contributed by atoms with E-state index in [2.05, 4.69) is 36.0 Å². The first-order valence-electron chi connectivity index (χ1n) is 6.65. The van der Waals surface area contributed by atoms with Gasteiger partial charge in [0.15, 0.2) is 0 Å². The normalized spacial score (nSPS) is 20.9. The van der Waals surface area contributed by atoms with E-state index >= 15 is 0 Å². The topological polar surface area (TPSA) is 51.4 Å². The molecular formula is C14H23N3O. The van der Waals surface area contributed by atoms with Crippen LogP contribution in [0.15, 0.2) is 24.5 Å². The van der Waals surface area contributed by atoms with E-state index in [0.29, 0.717) is 6.04 Å². The Morgan fingerprint density at radius 3 is 2.50 bits per heavy atom. The Bertz CT molecular complexity index is 349. The largest absolute Gasteiger partial charge is 0.381 e. The predicted octanol–water partition coefficient (Wildman–Crippen LogP) is 1.58. The lowest BCUT2D eigenvalue weighted by Gasteiger charge is -2.39. The minimum Gasteiger partial charge on any atom is -0.381 e. The number of nitrogens with zero attached hydrogens (tertiary/aromatic N) is 2. The molecule has 1 aromatic rings. The molecule has 1 aliphatic heterocycles. The number of likely N-dealkylation sites (N-methyl/N-ethyl adjacent to an activating group) is 1. The van der Waals surface area contributed by atoms with E-state index in [4.69, 9.17) is 10.5 Å². The Kier molecular flexibility index (Phi) is 4.69.